The molecule has 0 aliphatic carbocycles. The lowest BCUT2D eigenvalue weighted by Gasteiger charge is -2.28. The number of fused-ring (bicyclic) bond motifs is 1. The molecule has 1 atom stereocenters. The molecule has 4 rings (SSSR count). The molecule has 3 aromatic rings. The van der Waals surface area contributed by atoms with Crippen LogP contribution in [0.4, 0.5) is 11.6 Å². The monoisotopic (exact) mass is 366 g/mol. The molecule has 7 nitrogen and oxygen atoms in total. The first-order valence-corrected chi connectivity index (χ1v) is 8.36. The molecule has 2 N–H and O–H groups in total. The number of anilines is 2. The van der Waals surface area contributed by atoms with Crippen LogP contribution < -0.4 is 10.6 Å². The molecule has 0 fully saturated rings. The number of carbonyl (C=O) groups is 1. The molecule has 1 aliphatic heterocycles. The summed E-state index contributed by atoms with van der Waals surface area (Å²) < 4.78 is 1.67. The largest absolute Gasteiger partial charge is 0.328 e. The van der Waals surface area contributed by atoms with Crippen LogP contribution in [0.5, 0.6) is 0 Å². The first-order valence-electron chi connectivity index (χ1n) is 7.98. The first kappa shape index (κ1) is 16.3. The number of pyridine rings is 1. The van der Waals surface area contributed by atoms with Crippen molar-refractivity contribution in [2.75, 3.05) is 10.6 Å². The van der Waals surface area contributed by atoms with Gasteiger partial charge in [0, 0.05) is 18.1 Å². The first-order chi connectivity index (χ1) is 12.6. The van der Waals surface area contributed by atoms with Crippen molar-refractivity contribution in [1.82, 2.24) is 19.7 Å². The Bertz CT molecular complexity index is 998. The average Bonchev–Trinajstić information content (AvgIpc) is 3.11. The summed E-state index contributed by atoms with van der Waals surface area (Å²) >= 11 is 6.18. The van der Waals surface area contributed by atoms with Gasteiger partial charge in [-0.3, -0.25) is 9.78 Å². The van der Waals surface area contributed by atoms with E-state index in [1.54, 1.807) is 29.2 Å². The van der Waals surface area contributed by atoms with E-state index in [1.165, 1.54) is 6.33 Å². The molecule has 1 amide bonds. The average molecular weight is 367 g/mol. The molecule has 2 aromatic heterocycles. The van der Waals surface area contributed by atoms with E-state index >= 15 is 0 Å². The SMILES string of the molecule is CC1=C(C(=O)Nc2ccccc2Cl)[C@H](c2cccnc2)n2ncnc2N1. The minimum Gasteiger partial charge on any atom is -0.328 e. The van der Waals surface area contributed by atoms with Crippen molar-refractivity contribution in [2.24, 2.45) is 0 Å². The van der Waals surface area contributed by atoms with E-state index in [9.17, 15) is 4.79 Å². The molecule has 8 heteroatoms. The van der Waals surface area contributed by atoms with Gasteiger partial charge in [0.05, 0.1) is 16.3 Å². The molecule has 0 saturated carbocycles. The van der Waals surface area contributed by atoms with Gasteiger partial charge in [-0.05, 0) is 30.7 Å². The number of benzene rings is 1. The van der Waals surface area contributed by atoms with Gasteiger partial charge in [-0.25, -0.2) is 4.68 Å². The summed E-state index contributed by atoms with van der Waals surface area (Å²) in [4.78, 5) is 21.5. The number of hydrogen-bond acceptors (Lipinski definition) is 5. The van der Waals surface area contributed by atoms with Gasteiger partial charge in [-0.1, -0.05) is 29.8 Å². The highest BCUT2D eigenvalue weighted by Gasteiger charge is 2.33. The van der Waals surface area contributed by atoms with Crippen LogP contribution in [-0.2, 0) is 4.79 Å². The van der Waals surface area contributed by atoms with Crippen molar-refractivity contribution in [3.8, 4) is 0 Å². The molecule has 0 saturated heterocycles. The summed E-state index contributed by atoms with van der Waals surface area (Å²) in [7, 11) is 0. The van der Waals surface area contributed by atoms with Gasteiger partial charge >= 0.3 is 0 Å². The quantitative estimate of drug-likeness (QED) is 0.743. The molecule has 3 heterocycles. The predicted octanol–water partition coefficient (Wildman–Crippen LogP) is 3.25. The molecule has 0 spiro atoms. The van der Waals surface area contributed by atoms with Crippen LogP contribution in [0.1, 0.15) is 18.5 Å². The van der Waals surface area contributed by atoms with Crippen LogP contribution >= 0.6 is 11.6 Å². The molecular weight excluding hydrogens is 352 g/mol. The number of halogens is 1. The topological polar surface area (TPSA) is 84.7 Å². The Hall–Kier alpha value is -3.19. The third kappa shape index (κ3) is 2.82. The van der Waals surface area contributed by atoms with Crippen LogP contribution in [-0.4, -0.2) is 25.7 Å². The zero-order chi connectivity index (χ0) is 18.1. The highest BCUT2D eigenvalue weighted by atomic mass is 35.5. The number of nitrogens with zero attached hydrogens (tertiary/aromatic N) is 4. The van der Waals surface area contributed by atoms with Crippen LogP contribution in [0, 0.1) is 0 Å². The van der Waals surface area contributed by atoms with Gasteiger partial charge in [0.25, 0.3) is 5.91 Å². The van der Waals surface area contributed by atoms with Crippen molar-refractivity contribution >= 4 is 29.1 Å². The molecule has 130 valence electrons. The number of nitrogens with one attached hydrogen (secondary N) is 2. The molecular formula is C18H15ClN6O. The third-order valence-corrected chi connectivity index (χ3v) is 4.49. The lowest BCUT2D eigenvalue weighted by molar-refractivity contribution is -0.113. The Labute approximate surface area is 154 Å². The second kappa shape index (κ2) is 6.61. The zero-order valence-electron chi connectivity index (χ0n) is 13.8. The van der Waals surface area contributed by atoms with Gasteiger partial charge in [0.2, 0.25) is 5.95 Å². The predicted molar refractivity (Wildman–Crippen MR) is 98.8 cm³/mol. The van der Waals surface area contributed by atoms with Gasteiger partial charge in [-0.2, -0.15) is 10.1 Å². The van der Waals surface area contributed by atoms with Crippen molar-refractivity contribution < 1.29 is 4.79 Å². The Morgan fingerprint density at radius 2 is 2.12 bits per heavy atom. The summed E-state index contributed by atoms with van der Waals surface area (Å²) in [6.07, 6.45) is 4.86. The highest BCUT2D eigenvalue weighted by molar-refractivity contribution is 6.33. The smallest absolute Gasteiger partial charge is 0.255 e. The maximum atomic E-state index is 13.1. The fraction of sp³-hybridized carbons (Fsp3) is 0.111. The number of rotatable bonds is 3. The number of amides is 1. The molecule has 26 heavy (non-hydrogen) atoms. The van der Waals surface area contributed by atoms with E-state index in [0.717, 1.165) is 5.56 Å². The fourth-order valence-electron chi connectivity index (χ4n) is 2.98. The lowest BCUT2D eigenvalue weighted by Crippen LogP contribution is -2.31. The lowest BCUT2D eigenvalue weighted by atomic mass is 9.96. The van der Waals surface area contributed by atoms with Gasteiger partial charge in [0.15, 0.2) is 0 Å². The third-order valence-electron chi connectivity index (χ3n) is 4.16. The van der Waals surface area contributed by atoms with Crippen molar-refractivity contribution in [2.45, 2.75) is 13.0 Å². The van der Waals surface area contributed by atoms with Crippen LogP contribution in [0.25, 0.3) is 0 Å². The number of allylic oxidation sites excluding steroid dienone is 1. The molecule has 0 radical (unpaired) electrons. The Morgan fingerprint density at radius 1 is 1.27 bits per heavy atom. The van der Waals surface area contributed by atoms with E-state index in [2.05, 4.69) is 25.7 Å². The summed E-state index contributed by atoms with van der Waals surface area (Å²) in [6.45, 7) is 1.84. The number of para-hydroxylation sites is 1. The van der Waals surface area contributed by atoms with E-state index in [-0.39, 0.29) is 5.91 Å². The maximum absolute atomic E-state index is 13.1. The summed E-state index contributed by atoms with van der Waals surface area (Å²) in [5, 5.41) is 10.8. The van der Waals surface area contributed by atoms with Gasteiger partial charge < -0.3 is 10.6 Å². The Kier molecular flexibility index (Phi) is 4.14. The maximum Gasteiger partial charge on any atom is 0.255 e. The fourth-order valence-corrected chi connectivity index (χ4v) is 3.17. The summed E-state index contributed by atoms with van der Waals surface area (Å²) in [6, 6.07) is 10.4. The second-order valence-corrected chi connectivity index (χ2v) is 6.22. The number of hydrogen-bond donors (Lipinski definition) is 2. The van der Waals surface area contributed by atoms with Crippen LogP contribution in [0.2, 0.25) is 5.02 Å². The van der Waals surface area contributed by atoms with Crippen LogP contribution in [0.3, 0.4) is 0 Å². The van der Waals surface area contributed by atoms with Crippen LogP contribution in [0.15, 0.2) is 66.4 Å². The number of aromatic nitrogens is 4. The minimum atomic E-state index is -0.440. The van der Waals surface area contributed by atoms with E-state index < -0.39 is 6.04 Å². The van der Waals surface area contributed by atoms with E-state index in [1.807, 2.05) is 31.2 Å². The van der Waals surface area contributed by atoms with Crippen molar-refractivity contribution in [3.63, 3.8) is 0 Å². The van der Waals surface area contributed by atoms with Crippen molar-refractivity contribution in [3.05, 3.63) is 77.0 Å². The Balaban J connectivity index is 1.77. The second-order valence-electron chi connectivity index (χ2n) is 5.81. The highest BCUT2D eigenvalue weighted by Crippen LogP contribution is 2.35. The van der Waals surface area contributed by atoms with Gasteiger partial charge in [-0.15, -0.1) is 0 Å². The van der Waals surface area contributed by atoms with E-state index in [4.69, 9.17) is 11.6 Å². The van der Waals surface area contributed by atoms with Gasteiger partial charge in [0.1, 0.15) is 12.4 Å². The van der Waals surface area contributed by atoms with Crippen molar-refractivity contribution in [1.29, 1.82) is 0 Å². The molecule has 0 bridgehead atoms. The summed E-state index contributed by atoms with van der Waals surface area (Å²) in [5.74, 6) is 0.309. The zero-order valence-corrected chi connectivity index (χ0v) is 14.6. The standard InChI is InChI=1S/C18H15ClN6O/c1-11-15(17(26)24-14-7-3-2-6-13(14)19)16(12-5-4-8-20-9-12)25-18(23-11)21-10-22-25/h2-10,16H,1H3,(H,24,26)(H,21,22,23)/t16-/m0/s1. The summed E-state index contributed by atoms with van der Waals surface area (Å²) in [5.41, 5.74) is 2.61. The molecule has 1 aliphatic rings. The number of carbonyl (C=O) groups excluding carboxylic acids is 1. The normalized spacial score (nSPS) is 16.0. The molecule has 0 unspecified atom stereocenters. The van der Waals surface area contributed by atoms with E-state index in [0.29, 0.717) is 27.9 Å². The minimum absolute atomic E-state index is 0.266. The Morgan fingerprint density at radius 3 is 2.88 bits per heavy atom. The molecule has 1 aromatic carbocycles.